The van der Waals surface area contributed by atoms with Crippen LogP contribution in [-0.2, 0) is 0 Å². The molecule has 0 N–H and O–H groups in total. The summed E-state index contributed by atoms with van der Waals surface area (Å²) in [5.41, 5.74) is 2.64. The van der Waals surface area contributed by atoms with Gasteiger partial charge in [-0.05, 0) is 18.2 Å². The van der Waals surface area contributed by atoms with Crippen LogP contribution in [0, 0.1) is 0 Å². The Morgan fingerprint density at radius 1 is 1.00 bits per heavy atom. The van der Waals surface area contributed by atoms with Gasteiger partial charge in [-0.1, -0.05) is 0 Å². The lowest BCUT2D eigenvalue weighted by atomic mass is 10.1. The molecule has 2 amide bonds. The first-order valence-corrected chi connectivity index (χ1v) is 8.77. The van der Waals surface area contributed by atoms with E-state index >= 15 is 0 Å². The number of methoxy groups -OCH3 is 2. The van der Waals surface area contributed by atoms with Gasteiger partial charge in [0.1, 0.15) is 5.69 Å². The molecule has 25 heavy (non-hydrogen) atoms. The zero-order valence-electron chi connectivity index (χ0n) is 14.1. The highest BCUT2D eigenvalue weighted by Gasteiger charge is 2.26. The molecule has 1 aromatic carbocycles. The number of hydrogen-bond acceptors (Lipinski definition) is 6. The molecule has 1 saturated heterocycles. The fourth-order valence-electron chi connectivity index (χ4n) is 2.74. The van der Waals surface area contributed by atoms with E-state index in [4.69, 9.17) is 9.47 Å². The maximum atomic E-state index is 12.7. The Balaban J connectivity index is 1.64. The van der Waals surface area contributed by atoms with E-state index in [2.05, 4.69) is 4.98 Å². The van der Waals surface area contributed by atoms with Crippen molar-refractivity contribution >= 4 is 23.2 Å². The Bertz CT molecular complexity index is 755. The first-order chi connectivity index (χ1) is 12.1. The molecule has 3 rings (SSSR count). The van der Waals surface area contributed by atoms with Crippen molar-refractivity contribution < 1.29 is 19.1 Å². The fraction of sp³-hybridized carbons (Fsp3) is 0.353. The molecule has 0 saturated carbocycles. The Hall–Kier alpha value is -2.61. The van der Waals surface area contributed by atoms with Crippen molar-refractivity contribution in [1.82, 2.24) is 14.8 Å². The zero-order valence-corrected chi connectivity index (χ0v) is 14.9. The fourth-order valence-corrected chi connectivity index (χ4v) is 3.27. The van der Waals surface area contributed by atoms with Crippen molar-refractivity contribution in [1.29, 1.82) is 0 Å². The first-order valence-electron chi connectivity index (χ1n) is 7.83. The third kappa shape index (κ3) is 3.58. The molecule has 1 aromatic heterocycles. The van der Waals surface area contributed by atoms with Gasteiger partial charge in [-0.2, -0.15) is 0 Å². The summed E-state index contributed by atoms with van der Waals surface area (Å²) in [5.74, 6) is 0.935. The van der Waals surface area contributed by atoms with Gasteiger partial charge >= 0.3 is 0 Å². The van der Waals surface area contributed by atoms with Crippen LogP contribution >= 0.6 is 11.3 Å². The van der Waals surface area contributed by atoms with E-state index in [1.165, 1.54) is 18.4 Å². The van der Waals surface area contributed by atoms with Gasteiger partial charge in [0.2, 0.25) is 0 Å². The Morgan fingerprint density at radius 2 is 1.64 bits per heavy atom. The molecule has 2 heterocycles. The summed E-state index contributed by atoms with van der Waals surface area (Å²) in [5, 5.41) is 1.74. The van der Waals surface area contributed by atoms with E-state index in [1.54, 1.807) is 46.0 Å². The molecule has 0 spiro atoms. The second-order valence-electron chi connectivity index (χ2n) is 5.53. The maximum absolute atomic E-state index is 12.7. The summed E-state index contributed by atoms with van der Waals surface area (Å²) in [6.07, 6.45) is 0. The van der Waals surface area contributed by atoms with E-state index < -0.39 is 0 Å². The van der Waals surface area contributed by atoms with Crippen LogP contribution in [0.15, 0.2) is 29.1 Å². The molecule has 8 heteroatoms. The van der Waals surface area contributed by atoms with Crippen molar-refractivity contribution in [3.8, 4) is 11.5 Å². The van der Waals surface area contributed by atoms with Gasteiger partial charge in [-0.15, -0.1) is 11.3 Å². The Morgan fingerprint density at radius 3 is 2.20 bits per heavy atom. The molecular weight excluding hydrogens is 342 g/mol. The van der Waals surface area contributed by atoms with Crippen LogP contribution in [0.3, 0.4) is 0 Å². The number of thiazole rings is 1. The number of amides is 2. The average molecular weight is 361 g/mol. The van der Waals surface area contributed by atoms with Crippen LogP contribution in [0.5, 0.6) is 11.5 Å². The minimum Gasteiger partial charge on any atom is -0.493 e. The van der Waals surface area contributed by atoms with Crippen LogP contribution in [0.2, 0.25) is 0 Å². The Labute approximate surface area is 149 Å². The summed E-state index contributed by atoms with van der Waals surface area (Å²) < 4.78 is 10.4. The largest absolute Gasteiger partial charge is 0.493 e. The monoisotopic (exact) mass is 361 g/mol. The standard InChI is InChI=1S/C17H19N3O4S/c1-23-14-4-3-12(9-15(14)24-2)16(21)19-5-7-20(8-6-19)17(22)13-10-25-11-18-13/h3-4,9-11H,5-8H2,1-2H3. The average Bonchev–Trinajstić information content (AvgIpc) is 3.21. The molecule has 7 nitrogen and oxygen atoms in total. The third-order valence-corrected chi connectivity index (χ3v) is 4.72. The Kier molecular flexibility index (Phi) is 5.18. The number of benzene rings is 1. The molecule has 0 unspecified atom stereocenters. The number of carbonyl (C=O) groups is 2. The summed E-state index contributed by atoms with van der Waals surface area (Å²) in [7, 11) is 3.09. The lowest BCUT2D eigenvalue weighted by molar-refractivity contribution is 0.0532. The van der Waals surface area contributed by atoms with Gasteiger partial charge in [0.05, 0.1) is 19.7 Å². The van der Waals surface area contributed by atoms with E-state index in [1.807, 2.05) is 0 Å². The molecule has 0 radical (unpaired) electrons. The highest BCUT2D eigenvalue weighted by atomic mass is 32.1. The number of rotatable bonds is 4. The molecule has 2 aromatic rings. The number of nitrogens with zero attached hydrogens (tertiary/aromatic N) is 3. The number of aromatic nitrogens is 1. The highest BCUT2D eigenvalue weighted by molar-refractivity contribution is 7.07. The second kappa shape index (κ2) is 7.52. The van der Waals surface area contributed by atoms with Gasteiger partial charge in [0.15, 0.2) is 11.5 Å². The molecule has 1 aliphatic heterocycles. The molecule has 0 atom stereocenters. The third-order valence-electron chi connectivity index (χ3n) is 4.14. The van der Waals surface area contributed by atoms with Crippen LogP contribution in [-0.4, -0.2) is 67.0 Å². The molecular formula is C17H19N3O4S. The number of carbonyl (C=O) groups excluding carboxylic acids is 2. The SMILES string of the molecule is COc1ccc(C(=O)N2CCN(C(=O)c3cscn3)CC2)cc1OC. The van der Waals surface area contributed by atoms with Crippen LogP contribution in [0.4, 0.5) is 0 Å². The zero-order chi connectivity index (χ0) is 17.8. The van der Waals surface area contributed by atoms with E-state index in [0.717, 1.165) is 0 Å². The van der Waals surface area contributed by atoms with Crippen molar-refractivity contribution in [3.05, 3.63) is 40.3 Å². The molecule has 1 aliphatic rings. The van der Waals surface area contributed by atoms with Crippen molar-refractivity contribution in [2.75, 3.05) is 40.4 Å². The quantitative estimate of drug-likeness (QED) is 0.830. The molecule has 0 aliphatic carbocycles. The van der Waals surface area contributed by atoms with Crippen molar-refractivity contribution in [2.45, 2.75) is 0 Å². The smallest absolute Gasteiger partial charge is 0.273 e. The normalized spacial score (nSPS) is 14.3. The summed E-state index contributed by atoms with van der Waals surface area (Å²) >= 11 is 1.40. The van der Waals surface area contributed by atoms with E-state index in [0.29, 0.717) is 48.9 Å². The number of ether oxygens (including phenoxy) is 2. The van der Waals surface area contributed by atoms with Gasteiger partial charge in [0.25, 0.3) is 11.8 Å². The lowest BCUT2D eigenvalue weighted by Gasteiger charge is -2.34. The second-order valence-corrected chi connectivity index (χ2v) is 6.25. The minimum atomic E-state index is -0.0838. The molecule has 1 fully saturated rings. The first kappa shape index (κ1) is 17.2. The van der Waals surface area contributed by atoms with E-state index in [9.17, 15) is 9.59 Å². The number of piperazine rings is 1. The highest BCUT2D eigenvalue weighted by Crippen LogP contribution is 2.28. The summed E-state index contributed by atoms with van der Waals surface area (Å²) in [6.45, 7) is 1.97. The number of hydrogen-bond donors (Lipinski definition) is 0. The maximum Gasteiger partial charge on any atom is 0.273 e. The van der Waals surface area contributed by atoms with Crippen molar-refractivity contribution in [2.24, 2.45) is 0 Å². The van der Waals surface area contributed by atoms with Crippen molar-refractivity contribution in [3.63, 3.8) is 0 Å². The molecule has 132 valence electrons. The van der Waals surface area contributed by atoms with E-state index in [-0.39, 0.29) is 11.8 Å². The minimum absolute atomic E-state index is 0.0817. The lowest BCUT2D eigenvalue weighted by Crippen LogP contribution is -2.50. The predicted octanol–water partition coefficient (Wildman–Crippen LogP) is 1.76. The van der Waals surface area contributed by atoms with Crippen LogP contribution < -0.4 is 9.47 Å². The molecule has 0 bridgehead atoms. The van der Waals surface area contributed by atoms with Crippen LogP contribution in [0.1, 0.15) is 20.8 Å². The van der Waals surface area contributed by atoms with Gasteiger partial charge in [0, 0.05) is 37.1 Å². The van der Waals surface area contributed by atoms with Gasteiger partial charge in [-0.3, -0.25) is 9.59 Å². The van der Waals surface area contributed by atoms with Gasteiger partial charge in [-0.25, -0.2) is 4.98 Å². The van der Waals surface area contributed by atoms with Gasteiger partial charge < -0.3 is 19.3 Å². The summed E-state index contributed by atoms with van der Waals surface area (Å²) in [4.78, 5) is 32.5. The topological polar surface area (TPSA) is 72.0 Å². The predicted molar refractivity (Wildman–Crippen MR) is 93.5 cm³/mol. The summed E-state index contributed by atoms with van der Waals surface area (Å²) in [6, 6.07) is 5.11. The van der Waals surface area contributed by atoms with Crippen LogP contribution in [0.25, 0.3) is 0 Å².